The Morgan fingerprint density at radius 3 is 2.60 bits per heavy atom. The molecule has 3 atom stereocenters. The summed E-state index contributed by atoms with van der Waals surface area (Å²) in [5, 5.41) is 5.06. The second-order valence-corrected chi connectivity index (χ2v) is 7.43. The number of primary sulfonamides is 1. The lowest BCUT2D eigenvalue weighted by atomic mass is 10.1. The number of carbonyl (C=O) groups is 1. The van der Waals surface area contributed by atoms with E-state index in [0.29, 0.717) is 18.9 Å². The molecule has 1 aromatic carbocycles. The van der Waals surface area contributed by atoms with Crippen molar-refractivity contribution in [3.8, 4) is 0 Å². The van der Waals surface area contributed by atoms with Gasteiger partial charge in [-0.25, -0.2) is 13.6 Å². The summed E-state index contributed by atoms with van der Waals surface area (Å²) in [7, 11) is -3.50. The van der Waals surface area contributed by atoms with Gasteiger partial charge in [0.2, 0.25) is 15.9 Å². The predicted molar refractivity (Wildman–Crippen MR) is 75.4 cm³/mol. The van der Waals surface area contributed by atoms with Crippen molar-refractivity contribution in [3.05, 3.63) is 35.9 Å². The van der Waals surface area contributed by atoms with Crippen LogP contribution in [-0.4, -0.2) is 37.6 Å². The average molecular weight is 294 g/mol. The Kier molecular flexibility index (Phi) is 3.30. The van der Waals surface area contributed by atoms with Gasteiger partial charge in [-0.05, 0) is 12.0 Å². The number of likely N-dealkylation sites (tertiary alicyclic amines) is 1. The van der Waals surface area contributed by atoms with E-state index >= 15 is 0 Å². The molecule has 1 amide bonds. The van der Waals surface area contributed by atoms with E-state index in [4.69, 9.17) is 5.14 Å². The second-order valence-electron chi connectivity index (χ2n) is 5.77. The molecule has 0 radical (unpaired) electrons. The van der Waals surface area contributed by atoms with Crippen molar-refractivity contribution in [3.63, 3.8) is 0 Å². The van der Waals surface area contributed by atoms with E-state index in [1.165, 1.54) is 5.56 Å². The van der Waals surface area contributed by atoms with Crippen molar-refractivity contribution in [1.29, 1.82) is 0 Å². The fraction of sp³-hybridized carbons (Fsp3) is 0.500. The van der Waals surface area contributed by atoms with Crippen LogP contribution in [0.3, 0.4) is 0 Å². The monoisotopic (exact) mass is 294 g/mol. The number of hydrogen-bond donors (Lipinski definition) is 1. The van der Waals surface area contributed by atoms with Crippen LogP contribution in [0.5, 0.6) is 0 Å². The van der Waals surface area contributed by atoms with Crippen LogP contribution >= 0.6 is 0 Å². The van der Waals surface area contributed by atoms with Gasteiger partial charge in [0.05, 0.1) is 5.75 Å². The summed E-state index contributed by atoms with van der Waals surface area (Å²) < 4.78 is 22.2. The van der Waals surface area contributed by atoms with E-state index in [-0.39, 0.29) is 23.6 Å². The Morgan fingerprint density at radius 1 is 1.25 bits per heavy atom. The molecule has 2 fully saturated rings. The minimum Gasteiger partial charge on any atom is -0.339 e. The number of hydrogen-bond acceptors (Lipinski definition) is 3. The average Bonchev–Trinajstić information content (AvgIpc) is 3.08. The molecular weight excluding hydrogens is 276 g/mol. The molecule has 20 heavy (non-hydrogen) atoms. The molecule has 0 bridgehead atoms. The molecule has 1 saturated heterocycles. The van der Waals surface area contributed by atoms with Crippen LogP contribution in [-0.2, 0) is 14.8 Å². The first-order chi connectivity index (χ1) is 9.44. The van der Waals surface area contributed by atoms with E-state index in [9.17, 15) is 13.2 Å². The van der Waals surface area contributed by atoms with E-state index in [2.05, 4.69) is 12.1 Å². The van der Waals surface area contributed by atoms with Gasteiger partial charge in [-0.2, -0.15) is 0 Å². The SMILES string of the molecule is NS(=O)(=O)CC1CC(=O)N(C2CC2c2ccccc2)C1. The second kappa shape index (κ2) is 4.86. The van der Waals surface area contributed by atoms with Crippen LogP contribution in [0, 0.1) is 5.92 Å². The Bertz CT molecular complexity index is 615. The van der Waals surface area contributed by atoms with Gasteiger partial charge in [-0.3, -0.25) is 4.79 Å². The lowest BCUT2D eigenvalue weighted by Gasteiger charge is -2.16. The predicted octanol–water partition coefficient (Wildman–Crippen LogP) is 0.679. The minimum absolute atomic E-state index is 0.0575. The maximum absolute atomic E-state index is 12.0. The van der Waals surface area contributed by atoms with Gasteiger partial charge in [0.25, 0.3) is 0 Å². The van der Waals surface area contributed by atoms with Crippen LogP contribution in [0.25, 0.3) is 0 Å². The zero-order chi connectivity index (χ0) is 14.3. The molecule has 2 aliphatic rings. The summed E-state index contributed by atoms with van der Waals surface area (Å²) in [6.07, 6.45) is 1.27. The van der Waals surface area contributed by atoms with Crippen molar-refractivity contribution in [2.45, 2.75) is 24.8 Å². The molecule has 5 nitrogen and oxygen atoms in total. The lowest BCUT2D eigenvalue weighted by molar-refractivity contribution is -0.128. The fourth-order valence-electron chi connectivity index (χ4n) is 3.15. The van der Waals surface area contributed by atoms with Crippen LogP contribution in [0.2, 0.25) is 0 Å². The summed E-state index contributed by atoms with van der Waals surface area (Å²) in [6.45, 7) is 0.517. The third-order valence-electron chi connectivity index (χ3n) is 4.09. The van der Waals surface area contributed by atoms with E-state index in [1.54, 1.807) is 0 Å². The molecule has 0 spiro atoms. The smallest absolute Gasteiger partial charge is 0.223 e. The fourth-order valence-corrected chi connectivity index (χ4v) is 4.03. The van der Waals surface area contributed by atoms with Crippen LogP contribution in [0.4, 0.5) is 0 Å². The highest BCUT2D eigenvalue weighted by molar-refractivity contribution is 7.89. The highest BCUT2D eigenvalue weighted by Crippen LogP contribution is 2.46. The molecule has 1 heterocycles. The van der Waals surface area contributed by atoms with E-state index in [1.807, 2.05) is 23.1 Å². The Balaban J connectivity index is 1.64. The van der Waals surface area contributed by atoms with E-state index < -0.39 is 10.0 Å². The molecule has 0 aromatic heterocycles. The van der Waals surface area contributed by atoms with Crippen molar-refractivity contribution in [2.75, 3.05) is 12.3 Å². The molecule has 1 aliphatic heterocycles. The van der Waals surface area contributed by atoms with Gasteiger partial charge in [0, 0.05) is 30.8 Å². The quantitative estimate of drug-likeness (QED) is 0.886. The highest BCUT2D eigenvalue weighted by atomic mass is 32.2. The molecule has 3 unspecified atom stereocenters. The number of sulfonamides is 1. The third kappa shape index (κ3) is 2.86. The lowest BCUT2D eigenvalue weighted by Crippen LogP contribution is -2.30. The van der Waals surface area contributed by atoms with Gasteiger partial charge >= 0.3 is 0 Å². The first-order valence-corrected chi connectivity index (χ1v) is 8.50. The van der Waals surface area contributed by atoms with E-state index in [0.717, 1.165) is 6.42 Å². The zero-order valence-electron chi connectivity index (χ0n) is 11.1. The number of rotatable bonds is 4. The summed E-state index contributed by atoms with van der Waals surface area (Å²) in [5.41, 5.74) is 1.25. The normalized spacial score (nSPS) is 29.8. The van der Waals surface area contributed by atoms with Crippen molar-refractivity contribution in [1.82, 2.24) is 4.90 Å². The highest BCUT2D eigenvalue weighted by Gasteiger charge is 2.48. The molecule has 1 aromatic rings. The standard InChI is InChI=1S/C14H18N2O3S/c15-20(18,19)9-10-6-14(17)16(8-10)13-7-12(13)11-4-2-1-3-5-11/h1-5,10,12-13H,6-9H2,(H2,15,18,19). The molecule has 3 rings (SSSR count). The van der Waals surface area contributed by atoms with Gasteiger partial charge in [0.15, 0.2) is 0 Å². The minimum atomic E-state index is -3.50. The van der Waals surface area contributed by atoms with Crippen LogP contribution < -0.4 is 5.14 Å². The van der Waals surface area contributed by atoms with Gasteiger partial charge in [0.1, 0.15) is 0 Å². The molecule has 108 valence electrons. The maximum atomic E-state index is 12.0. The number of carbonyl (C=O) groups excluding carboxylic acids is 1. The summed E-state index contributed by atoms with van der Waals surface area (Å²) >= 11 is 0. The summed E-state index contributed by atoms with van der Waals surface area (Å²) in [4.78, 5) is 13.9. The first kappa shape index (κ1) is 13.6. The third-order valence-corrected chi connectivity index (χ3v) is 5.03. The first-order valence-electron chi connectivity index (χ1n) is 6.79. The number of nitrogens with two attached hydrogens (primary N) is 1. The van der Waals surface area contributed by atoms with Crippen molar-refractivity contribution >= 4 is 15.9 Å². The zero-order valence-corrected chi connectivity index (χ0v) is 11.9. The van der Waals surface area contributed by atoms with Crippen LogP contribution in [0.15, 0.2) is 30.3 Å². The van der Waals surface area contributed by atoms with Gasteiger partial charge in [-0.1, -0.05) is 30.3 Å². The van der Waals surface area contributed by atoms with Crippen molar-refractivity contribution < 1.29 is 13.2 Å². The summed E-state index contributed by atoms with van der Waals surface area (Å²) in [6, 6.07) is 10.4. The van der Waals surface area contributed by atoms with Gasteiger partial charge in [-0.15, -0.1) is 0 Å². The van der Waals surface area contributed by atoms with Crippen molar-refractivity contribution in [2.24, 2.45) is 11.1 Å². The Morgan fingerprint density at radius 2 is 1.95 bits per heavy atom. The maximum Gasteiger partial charge on any atom is 0.223 e. The Hall–Kier alpha value is -1.40. The number of nitrogens with zero attached hydrogens (tertiary/aromatic N) is 1. The molecular formula is C14H18N2O3S. The topological polar surface area (TPSA) is 80.5 Å². The summed E-state index contributed by atoms with van der Waals surface area (Å²) in [5.74, 6) is 0.197. The molecule has 6 heteroatoms. The molecule has 1 saturated carbocycles. The van der Waals surface area contributed by atoms with Crippen LogP contribution in [0.1, 0.15) is 24.3 Å². The van der Waals surface area contributed by atoms with Gasteiger partial charge < -0.3 is 4.90 Å². The molecule has 2 N–H and O–H groups in total. The number of benzene rings is 1. The molecule has 1 aliphatic carbocycles. The largest absolute Gasteiger partial charge is 0.339 e. The Labute approximate surface area is 118 Å². The number of amides is 1.